The Bertz CT molecular complexity index is 649. The average molecular weight is 311 g/mol. The minimum atomic E-state index is -1.30. The molecule has 4 nitrogen and oxygen atoms in total. The molecule has 4 heteroatoms. The van der Waals surface area contributed by atoms with Gasteiger partial charge >= 0.3 is 6.16 Å². The fraction of sp³-hybridized carbons (Fsp3) is 0.368. The van der Waals surface area contributed by atoms with Crippen molar-refractivity contribution in [2.24, 2.45) is 5.92 Å². The van der Waals surface area contributed by atoms with Gasteiger partial charge in [-0.05, 0) is 55.6 Å². The highest BCUT2D eigenvalue weighted by Gasteiger charge is 2.25. The lowest BCUT2D eigenvalue weighted by molar-refractivity contribution is 0.141. The van der Waals surface area contributed by atoms with E-state index in [2.05, 4.69) is 29.2 Å². The Hall–Kier alpha value is -2.36. The zero-order chi connectivity index (χ0) is 16.1. The van der Waals surface area contributed by atoms with Crippen LogP contribution in [0.4, 0.5) is 4.79 Å². The second-order valence-corrected chi connectivity index (χ2v) is 6.17. The molecular weight excluding hydrogens is 290 g/mol. The van der Waals surface area contributed by atoms with Crippen LogP contribution < -0.4 is 4.74 Å². The van der Waals surface area contributed by atoms with Crippen molar-refractivity contribution in [1.29, 1.82) is 0 Å². The normalized spacial score (nSPS) is 20.9. The summed E-state index contributed by atoms with van der Waals surface area (Å²) in [5.74, 6) is 1.28. The van der Waals surface area contributed by atoms with Crippen LogP contribution in [0, 0.1) is 5.92 Å². The number of aromatic nitrogens is 1. The molecule has 1 N–H and O–H groups in total. The third-order valence-corrected chi connectivity index (χ3v) is 4.64. The highest BCUT2D eigenvalue weighted by atomic mass is 16.7. The number of benzene rings is 1. The van der Waals surface area contributed by atoms with E-state index in [1.165, 1.54) is 5.56 Å². The summed E-state index contributed by atoms with van der Waals surface area (Å²) >= 11 is 0. The smallest absolute Gasteiger partial charge is 0.449 e. The SMILES string of the molecule is O=C(O)Oc1ncccc1[C@H]1CC[C@H](Cc2ccccc2)CC1. The molecule has 0 unspecified atom stereocenters. The van der Waals surface area contributed by atoms with Gasteiger partial charge in [0, 0.05) is 11.8 Å². The van der Waals surface area contributed by atoms with Gasteiger partial charge in [-0.25, -0.2) is 9.78 Å². The molecule has 1 fully saturated rings. The number of nitrogens with zero attached hydrogens (tertiary/aromatic N) is 1. The summed E-state index contributed by atoms with van der Waals surface area (Å²) < 4.78 is 4.83. The fourth-order valence-corrected chi connectivity index (χ4v) is 3.51. The summed E-state index contributed by atoms with van der Waals surface area (Å²) in [5, 5.41) is 8.83. The zero-order valence-electron chi connectivity index (χ0n) is 13.0. The molecule has 0 bridgehead atoms. The monoisotopic (exact) mass is 311 g/mol. The second kappa shape index (κ2) is 7.27. The minimum Gasteiger partial charge on any atom is -0.449 e. The summed E-state index contributed by atoms with van der Waals surface area (Å²) in [5.41, 5.74) is 2.32. The van der Waals surface area contributed by atoms with Crippen LogP contribution >= 0.6 is 0 Å². The van der Waals surface area contributed by atoms with Crippen molar-refractivity contribution in [1.82, 2.24) is 4.98 Å². The molecule has 120 valence electrons. The van der Waals surface area contributed by atoms with E-state index in [-0.39, 0.29) is 5.88 Å². The number of hydrogen-bond donors (Lipinski definition) is 1. The predicted molar refractivity (Wildman–Crippen MR) is 87.7 cm³/mol. The van der Waals surface area contributed by atoms with Gasteiger partial charge in [0.25, 0.3) is 0 Å². The summed E-state index contributed by atoms with van der Waals surface area (Å²) in [6, 6.07) is 14.4. The molecule has 23 heavy (non-hydrogen) atoms. The summed E-state index contributed by atoms with van der Waals surface area (Å²) in [4.78, 5) is 14.9. The molecule has 1 saturated carbocycles. The minimum absolute atomic E-state index is 0.242. The molecule has 0 spiro atoms. The lowest BCUT2D eigenvalue weighted by Gasteiger charge is -2.29. The van der Waals surface area contributed by atoms with Crippen molar-refractivity contribution < 1.29 is 14.6 Å². The van der Waals surface area contributed by atoms with Crippen LogP contribution in [-0.4, -0.2) is 16.2 Å². The predicted octanol–water partition coefficient (Wildman–Crippen LogP) is 4.65. The average Bonchev–Trinajstić information content (AvgIpc) is 2.57. The first-order valence-corrected chi connectivity index (χ1v) is 8.12. The molecule has 2 aromatic rings. The van der Waals surface area contributed by atoms with Gasteiger partial charge in [-0.3, -0.25) is 0 Å². The molecule has 0 radical (unpaired) electrons. The van der Waals surface area contributed by atoms with Gasteiger partial charge in [0.05, 0.1) is 0 Å². The van der Waals surface area contributed by atoms with Gasteiger partial charge in [-0.2, -0.15) is 0 Å². The summed E-state index contributed by atoms with van der Waals surface area (Å²) in [6.07, 6.45) is 5.81. The zero-order valence-corrected chi connectivity index (χ0v) is 13.0. The number of ether oxygens (including phenoxy) is 1. The molecule has 0 atom stereocenters. The van der Waals surface area contributed by atoms with Crippen molar-refractivity contribution in [2.75, 3.05) is 0 Å². The molecule has 1 heterocycles. The van der Waals surface area contributed by atoms with Crippen molar-refractivity contribution in [3.8, 4) is 5.88 Å². The Balaban J connectivity index is 1.62. The number of pyridine rings is 1. The molecule has 1 aromatic carbocycles. The van der Waals surface area contributed by atoms with E-state index >= 15 is 0 Å². The van der Waals surface area contributed by atoms with Gasteiger partial charge in [0.1, 0.15) is 0 Å². The van der Waals surface area contributed by atoms with E-state index in [1.807, 2.05) is 18.2 Å². The lowest BCUT2D eigenvalue weighted by atomic mass is 9.77. The first-order valence-electron chi connectivity index (χ1n) is 8.12. The Morgan fingerprint density at radius 1 is 1.09 bits per heavy atom. The van der Waals surface area contributed by atoms with Crippen LogP contribution in [0.3, 0.4) is 0 Å². The number of rotatable bonds is 4. The Labute approximate surface area is 136 Å². The van der Waals surface area contributed by atoms with Crippen LogP contribution in [0.5, 0.6) is 5.88 Å². The number of carboxylic acid groups (broad SMARTS) is 1. The first-order chi connectivity index (χ1) is 11.2. The van der Waals surface area contributed by atoms with E-state index in [1.54, 1.807) is 6.20 Å². The molecule has 0 aliphatic heterocycles. The Kier molecular flexibility index (Phi) is 4.91. The van der Waals surface area contributed by atoms with Crippen molar-refractivity contribution >= 4 is 6.16 Å². The van der Waals surface area contributed by atoms with E-state index in [9.17, 15) is 4.79 Å². The van der Waals surface area contributed by atoms with Crippen LogP contribution in [-0.2, 0) is 6.42 Å². The maximum atomic E-state index is 10.8. The van der Waals surface area contributed by atoms with Gasteiger partial charge in [-0.1, -0.05) is 36.4 Å². The van der Waals surface area contributed by atoms with Gasteiger partial charge in [-0.15, -0.1) is 0 Å². The van der Waals surface area contributed by atoms with Crippen molar-refractivity contribution in [3.63, 3.8) is 0 Å². The van der Waals surface area contributed by atoms with E-state index in [0.29, 0.717) is 11.8 Å². The highest BCUT2D eigenvalue weighted by molar-refractivity contribution is 5.61. The second-order valence-electron chi connectivity index (χ2n) is 6.17. The van der Waals surface area contributed by atoms with Crippen LogP contribution in [0.25, 0.3) is 0 Å². The van der Waals surface area contributed by atoms with E-state index in [4.69, 9.17) is 9.84 Å². The molecule has 0 amide bonds. The first kappa shape index (κ1) is 15.5. The van der Waals surface area contributed by atoms with E-state index in [0.717, 1.165) is 37.7 Å². The highest BCUT2D eigenvalue weighted by Crippen LogP contribution is 2.39. The lowest BCUT2D eigenvalue weighted by Crippen LogP contribution is -2.17. The molecule has 1 aliphatic carbocycles. The van der Waals surface area contributed by atoms with Crippen LogP contribution in [0.15, 0.2) is 48.7 Å². The maximum Gasteiger partial charge on any atom is 0.512 e. The topological polar surface area (TPSA) is 59.4 Å². The standard InChI is InChI=1S/C19H21NO3/c21-19(22)23-18-17(7-4-12-20-18)16-10-8-15(9-11-16)13-14-5-2-1-3-6-14/h1-7,12,15-16H,8-11,13H2,(H,21,22)/t15-,16-. The van der Waals surface area contributed by atoms with Crippen LogP contribution in [0.2, 0.25) is 0 Å². The maximum absolute atomic E-state index is 10.8. The third-order valence-electron chi connectivity index (χ3n) is 4.64. The Morgan fingerprint density at radius 3 is 2.52 bits per heavy atom. The number of carbonyl (C=O) groups is 1. The quantitative estimate of drug-likeness (QED) is 0.835. The summed E-state index contributed by atoms with van der Waals surface area (Å²) in [7, 11) is 0. The van der Waals surface area contributed by atoms with Gasteiger partial charge in [0.2, 0.25) is 5.88 Å². The molecule has 1 aliphatic rings. The Morgan fingerprint density at radius 2 is 1.83 bits per heavy atom. The molecular formula is C19H21NO3. The van der Waals surface area contributed by atoms with Crippen LogP contribution in [0.1, 0.15) is 42.7 Å². The molecule has 1 aromatic heterocycles. The fourth-order valence-electron chi connectivity index (χ4n) is 3.51. The molecule has 0 saturated heterocycles. The van der Waals surface area contributed by atoms with E-state index < -0.39 is 6.16 Å². The largest absolute Gasteiger partial charge is 0.512 e. The van der Waals surface area contributed by atoms with Gasteiger partial charge in [0.15, 0.2) is 0 Å². The van der Waals surface area contributed by atoms with Gasteiger partial charge < -0.3 is 9.84 Å². The van der Waals surface area contributed by atoms with Crippen molar-refractivity contribution in [2.45, 2.75) is 38.0 Å². The summed E-state index contributed by atoms with van der Waals surface area (Å²) in [6.45, 7) is 0. The number of hydrogen-bond acceptors (Lipinski definition) is 3. The molecule has 3 rings (SSSR count). The van der Waals surface area contributed by atoms with Crippen molar-refractivity contribution in [3.05, 3.63) is 59.8 Å². The third kappa shape index (κ3) is 4.09.